The van der Waals surface area contributed by atoms with Gasteiger partial charge in [0.2, 0.25) is 5.95 Å². The largest absolute Gasteiger partial charge is 0.391 e. The first-order valence-corrected chi connectivity index (χ1v) is 8.56. The van der Waals surface area contributed by atoms with Crippen molar-refractivity contribution in [2.24, 2.45) is 7.05 Å². The molecule has 4 N–H and O–H groups in total. The number of aromatic nitrogens is 4. The summed E-state index contributed by atoms with van der Waals surface area (Å²) in [6.07, 6.45) is 3.20. The van der Waals surface area contributed by atoms with Crippen molar-refractivity contribution in [1.82, 2.24) is 19.5 Å². The molecule has 1 unspecified atom stereocenters. The van der Waals surface area contributed by atoms with Gasteiger partial charge in [0.15, 0.2) is 0 Å². The number of anilines is 1. The zero-order chi connectivity index (χ0) is 18.7. The number of benzene rings is 1. The van der Waals surface area contributed by atoms with Crippen molar-refractivity contribution >= 4 is 28.6 Å². The van der Waals surface area contributed by atoms with E-state index in [2.05, 4.69) is 15.0 Å². The van der Waals surface area contributed by atoms with E-state index in [1.807, 2.05) is 12.1 Å². The van der Waals surface area contributed by atoms with Gasteiger partial charge in [-0.05, 0) is 25.0 Å². The van der Waals surface area contributed by atoms with Gasteiger partial charge in [0.25, 0.3) is 0 Å². The summed E-state index contributed by atoms with van der Waals surface area (Å²) in [5, 5.41) is 9.20. The number of hydrogen-bond acceptors (Lipinski definition) is 6. The Bertz CT molecular complexity index is 963. The molecule has 0 spiro atoms. The predicted molar refractivity (Wildman–Crippen MR) is 100 cm³/mol. The highest BCUT2D eigenvalue weighted by Crippen LogP contribution is 2.27. The summed E-state index contributed by atoms with van der Waals surface area (Å²) in [6.45, 7) is 1.37. The van der Waals surface area contributed by atoms with Gasteiger partial charge in [0.05, 0.1) is 40.7 Å². The maximum Gasteiger partial charge on any atom is 0.326 e. The maximum absolute atomic E-state index is 11.5. The molecule has 8 nitrogen and oxygen atoms in total. The summed E-state index contributed by atoms with van der Waals surface area (Å²) in [6, 6.07) is 5.47. The fourth-order valence-corrected chi connectivity index (χ4v) is 2.88. The molecule has 9 heteroatoms. The molecule has 0 saturated carbocycles. The molecule has 0 aliphatic carbocycles. The lowest BCUT2D eigenvalue weighted by atomic mass is 10.1. The van der Waals surface area contributed by atoms with Crippen LogP contribution >= 0.6 is 11.6 Å². The quantitative estimate of drug-likeness (QED) is 0.594. The second kappa shape index (κ2) is 7.86. The van der Waals surface area contributed by atoms with Crippen LogP contribution in [0.25, 0.3) is 22.3 Å². The van der Waals surface area contributed by atoms with Crippen LogP contribution in [-0.4, -0.2) is 43.9 Å². The van der Waals surface area contributed by atoms with Crippen molar-refractivity contribution in [3.05, 3.63) is 39.9 Å². The van der Waals surface area contributed by atoms with Crippen LogP contribution in [0.2, 0.25) is 5.02 Å². The zero-order valence-corrected chi connectivity index (χ0v) is 15.0. The third-order valence-corrected chi connectivity index (χ3v) is 4.35. The Balaban J connectivity index is 0.000000236. The number of halogens is 1. The molecule has 1 aliphatic heterocycles. The molecule has 4 rings (SSSR count). The lowest BCUT2D eigenvalue weighted by molar-refractivity contribution is -0.00535. The predicted octanol–water partition coefficient (Wildman–Crippen LogP) is 1.72. The molecule has 3 heterocycles. The van der Waals surface area contributed by atoms with Gasteiger partial charge in [-0.25, -0.2) is 14.8 Å². The molecular formula is C17H20ClN5O3. The van der Waals surface area contributed by atoms with Crippen LogP contribution in [-0.2, 0) is 11.8 Å². The topological polar surface area (TPSA) is 119 Å². The van der Waals surface area contributed by atoms with E-state index < -0.39 is 0 Å². The summed E-state index contributed by atoms with van der Waals surface area (Å²) >= 11 is 6.07. The number of ether oxygens (including phenoxy) is 1. The van der Waals surface area contributed by atoms with Gasteiger partial charge in [-0.15, -0.1) is 0 Å². The Morgan fingerprint density at radius 3 is 2.92 bits per heavy atom. The summed E-state index contributed by atoms with van der Waals surface area (Å²) < 4.78 is 6.46. The van der Waals surface area contributed by atoms with E-state index in [4.69, 9.17) is 27.2 Å². The third kappa shape index (κ3) is 4.04. The van der Waals surface area contributed by atoms with Gasteiger partial charge in [-0.3, -0.25) is 4.57 Å². The minimum absolute atomic E-state index is 0.155. The van der Waals surface area contributed by atoms with Crippen molar-refractivity contribution in [2.45, 2.75) is 18.9 Å². The van der Waals surface area contributed by atoms with Gasteiger partial charge in [-0.2, -0.15) is 0 Å². The Labute approximate surface area is 154 Å². The number of nitrogens with two attached hydrogens (primary N) is 1. The summed E-state index contributed by atoms with van der Waals surface area (Å²) in [5.41, 5.74) is 8.26. The Morgan fingerprint density at radius 2 is 2.27 bits per heavy atom. The number of rotatable bonds is 1. The highest BCUT2D eigenvalue weighted by atomic mass is 35.5. The summed E-state index contributed by atoms with van der Waals surface area (Å²) in [5.74, 6) is 0.155. The van der Waals surface area contributed by atoms with Crippen LogP contribution < -0.4 is 11.4 Å². The molecule has 3 aromatic rings. The zero-order valence-electron chi connectivity index (χ0n) is 14.3. The molecule has 138 valence electrons. The molecule has 0 radical (unpaired) electrons. The number of aliphatic hydroxyl groups excluding tert-OH is 1. The third-order valence-electron chi connectivity index (χ3n) is 4.08. The van der Waals surface area contributed by atoms with Crippen LogP contribution in [0.1, 0.15) is 12.8 Å². The van der Waals surface area contributed by atoms with Gasteiger partial charge >= 0.3 is 5.69 Å². The maximum atomic E-state index is 11.5. The van der Waals surface area contributed by atoms with Gasteiger partial charge < -0.3 is 20.6 Å². The lowest BCUT2D eigenvalue weighted by Gasteiger charge is -2.15. The Morgan fingerprint density at radius 1 is 1.46 bits per heavy atom. The van der Waals surface area contributed by atoms with E-state index in [1.165, 1.54) is 10.8 Å². The van der Waals surface area contributed by atoms with Gasteiger partial charge in [0, 0.05) is 19.2 Å². The molecule has 2 aromatic heterocycles. The average molecular weight is 378 g/mol. The van der Waals surface area contributed by atoms with E-state index in [0.717, 1.165) is 36.0 Å². The number of aliphatic hydroxyl groups is 1. The average Bonchev–Trinajstić information content (AvgIpc) is 2.92. The molecular weight excluding hydrogens is 358 g/mol. The number of imidazole rings is 1. The van der Waals surface area contributed by atoms with E-state index in [-0.39, 0.29) is 17.7 Å². The molecule has 0 bridgehead atoms. The Kier molecular flexibility index (Phi) is 5.55. The normalized spacial score (nSPS) is 17.0. The Hall–Kier alpha value is -2.42. The summed E-state index contributed by atoms with van der Waals surface area (Å²) in [7, 11) is 1.70. The van der Waals surface area contributed by atoms with Crippen molar-refractivity contribution in [3.8, 4) is 11.3 Å². The van der Waals surface area contributed by atoms with E-state index >= 15 is 0 Å². The van der Waals surface area contributed by atoms with Crippen LogP contribution in [0.5, 0.6) is 0 Å². The first kappa shape index (κ1) is 18.4. The first-order valence-electron chi connectivity index (χ1n) is 8.18. The fourth-order valence-electron chi connectivity index (χ4n) is 2.68. The number of fused-ring (bicyclic) bond motifs is 1. The standard InChI is InChI=1S/C12H10ClN5O.C5H10O2/c1-18-9-4-6(2-3-8(9)16-12(18)19)10-7(13)5-15-11(14)17-10;6-5-2-1-3-7-4-5/h2-5H,1H3,(H,16,19)(H2,14,15,17);5-6H,1-4H2. The molecule has 26 heavy (non-hydrogen) atoms. The molecule has 1 fully saturated rings. The summed E-state index contributed by atoms with van der Waals surface area (Å²) in [4.78, 5) is 22.2. The number of hydrogen-bond donors (Lipinski definition) is 3. The second-order valence-corrected chi connectivity index (χ2v) is 6.42. The number of H-pyrrole nitrogens is 1. The number of nitrogen functional groups attached to an aromatic ring is 1. The van der Waals surface area contributed by atoms with Gasteiger partial charge in [-0.1, -0.05) is 17.7 Å². The fraction of sp³-hybridized carbons (Fsp3) is 0.353. The van der Waals surface area contributed by atoms with Crippen LogP contribution in [0.4, 0.5) is 5.95 Å². The van der Waals surface area contributed by atoms with Crippen LogP contribution in [0.3, 0.4) is 0 Å². The van der Waals surface area contributed by atoms with Crippen molar-refractivity contribution in [3.63, 3.8) is 0 Å². The molecule has 1 aliphatic rings. The van der Waals surface area contributed by atoms with Crippen molar-refractivity contribution in [1.29, 1.82) is 0 Å². The van der Waals surface area contributed by atoms with Gasteiger partial charge in [0.1, 0.15) is 0 Å². The number of nitrogens with one attached hydrogen (secondary N) is 1. The number of aromatic amines is 1. The SMILES string of the molecule is Cn1c(=O)[nH]c2ccc(-c3nc(N)ncc3Cl)cc21.OC1CCCOC1. The highest BCUT2D eigenvalue weighted by molar-refractivity contribution is 6.32. The lowest BCUT2D eigenvalue weighted by Crippen LogP contribution is -2.21. The minimum atomic E-state index is -0.186. The second-order valence-electron chi connectivity index (χ2n) is 6.02. The first-order chi connectivity index (χ1) is 12.5. The molecule has 1 saturated heterocycles. The van der Waals surface area contributed by atoms with Crippen LogP contribution in [0.15, 0.2) is 29.2 Å². The molecule has 1 atom stereocenters. The monoisotopic (exact) mass is 377 g/mol. The molecule has 0 amide bonds. The van der Waals surface area contributed by atoms with Crippen molar-refractivity contribution < 1.29 is 9.84 Å². The van der Waals surface area contributed by atoms with E-state index in [9.17, 15) is 4.79 Å². The van der Waals surface area contributed by atoms with E-state index in [0.29, 0.717) is 17.3 Å². The van der Waals surface area contributed by atoms with E-state index in [1.54, 1.807) is 13.1 Å². The van der Waals surface area contributed by atoms with Crippen molar-refractivity contribution in [2.75, 3.05) is 18.9 Å². The molecule has 1 aromatic carbocycles. The smallest absolute Gasteiger partial charge is 0.326 e. The number of aryl methyl sites for hydroxylation is 1. The number of nitrogens with zero attached hydrogens (tertiary/aromatic N) is 3. The van der Waals surface area contributed by atoms with Crippen LogP contribution in [0, 0.1) is 0 Å². The minimum Gasteiger partial charge on any atom is -0.391 e. The highest BCUT2D eigenvalue weighted by Gasteiger charge is 2.10.